The molecule has 66 heavy (non-hydrogen) atoms. The fourth-order valence-corrected chi connectivity index (χ4v) is 10.7. The summed E-state index contributed by atoms with van der Waals surface area (Å²) in [5.41, 5.74) is 22.5. The zero-order chi connectivity index (χ0) is 44.8. The summed E-state index contributed by atoms with van der Waals surface area (Å²) in [5, 5.41) is 4.91. The van der Waals surface area contributed by atoms with Gasteiger partial charge in [0.25, 0.3) is 6.71 Å². The Hall–Kier alpha value is -7.82. The first-order valence-electron chi connectivity index (χ1n) is 23.1. The lowest BCUT2D eigenvalue weighted by atomic mass is 9.33. The summed E-state index contributed by atoms with van der Waals surface area (Å²) in [6.45, 7) is 13.1. The topological polar surface area (TPSA) is 15.7 Å². The molecule has 0 saturated carbocycles. The lowest BCUT2D eigenvalue weighted by Crippen LogP contribution is -2.61. The van der Waals surface area contributed by atoms with Crippen LogP contribution in [0.5, 0.6) is 11.5 Å². The number of anilines is 6. The quantitative estimate of drug-likeness (QED) is 0.155. The molecule has 0 amide bonds. The maximum atomic E-state index is 7.20. The van der Waals surface area contributed by atoms with Crippen LogP contribution in [-0.4, -0.2) is 6.71 Å². The predicted molar refractivity (Wildman–Crippen MR) is 281 cm³/mol. The van der Waals surface area contributed by atoms with Gasteiger partial charge in [0.1, 0.15) is 11.5 Å². The second-order valence-electron chi connectivity index (χ2n) is 18.6. The normalized spacial score (nSPS) is 12.6. The number of benzene rings is 10. The third kappa shape index (κ3) is 6.50. The van der Waals surface area contributed by atoms with Crippen LogP contribution in [0.4, 0.5) is 34.1 Å². The Morgan fingerprint density at radius 3 is 1.24 bits per heavy atom. The molecule has 0 bridgehead atoms. The van der Waals surface area contributed by atoms with Crippen LogP contribution < -0.4 is 30.9 Å². The van der Waals surface area contributed by atoms with E-state index in [4.69, 9.17) is 4.74 Å². The van der Waals surface area contributed by atoms with Crippen LogP contribution in [0.15, 0.2) is 188 Å². The minimum Gasteiger partial charge on any atom is -0.457 e. The van der Waals surface area contributed by atoms with Crippen molar-refractivity contribution in [1.82, 2.24) is 0 Å². The molecule has 0 atom stereocenters. The fraction of sp³-hybridized carbons (Fsp3) is 0.0968. The molecule has 316 valence electrons. The van der Waals surface area contributed by atoms with Crippen molar-refractivity contribution in [2.45, 2.75) is 41.5 Å². The van der Waals surface area contributed by atoms with Gasteiger partial charge in [-0.3, -0.25) is 0 Å². The highest BCUT2D eigenvalue weighted by Crippen LogP contribution is 2.50. The van der Waals surface area contributed by atoms with Gasteiger partial charge in [-0.2, -0.15) is 0 Å². The summed E-state index contributed by atoms with van der Waals surface area (Å²) < 4.78 is 7.20. The van der Waals surface area contributed by atoms with Crippen LogP contribution >= 0.6 is 0 Å². The summed E-state index contributed by atoms with van der Waals surface area (Å²) in [6, 6.07) is 70.1. The average Bonchev–Trinajstić information content (AvgIpc) is 3.32. The second kappa shape index (κ2) is 15.4. The number of aryl methyl sites for hydroxylation is 6. The number of fused-ring (bicyclic) bond motifs is 6. The van der Waals surface area contributed by atoms with Crippen molar-refractivity contribution in [3.8, 4) is 33.8 Å². The van der Waals surface area contributed by atoms with Gasteiger partial charge < -0.3 is 14.5 Å². The summed E-state index contributed by atoms with van der Waals surface area (Å²) in [7, 11) is 0. The maximum Gasteiger partial charge on any atom is 0.252 e. The summed E-state index contributed by atoms with van der Waals surface area (Å²) in [5.74, 6) is 1.68. The highest BCUT2D eigenvalue weighted by atomic mass is 16.5. The van der Waals surface area contributed by atoms with Gasteiger partial charge in [-0.25, -0.2) is 0 Å². The zero-order valence-electron chi connectivity index (χ0n) is 38.3. The largest absolute Gasteiger partial charge is 0.457 e. The second-order valence-corrected chi connectivity index (χ2v) is 18.6. The highest BCUT2D eigenvalue weighted by molar-refractivity contribution is 7.00. The van der Waals surface area contributed by atoms with Crippen LogP contribution in [-0.2, 0) is 0 Å². The van der Waals surface area contributed by atoms with E-state index in [1.807, 2.05) is 0 Å². The van der Waals surface area contributed by atoms with E-state index in [9.17, 15) is 0 Å². The first-order chi connectivity index (χ1) is 32.2. The SMILES string of the molecule is Cc1ccc2c(c1)B1c3cc(C)ccc3N(c3ccc(C)cc3-c3ccc4ccccc4c3)c3cc(Oc4c(C)cccc4C)cc(c31)N2c1ccc(C)cc1-c1ccc2ccccc2c1. The van der Waals surface area contributed by atoms with Crippen molar-refractivity contribution in [1.29, 1.82) is 0 Å². The summed E-state index contributed by atoms with van der Waals surface area (Å²) in [4.78, 5) is 5.06. The molecular formula is C62H49BN2O. The van der Waals surface area contributed by atoms with E-state index >= 15 is 0 Å². The van der Waals surface area contributed by atoms with Crippen molar-refractivity contribution in [2.24, 2.45) is 0 Å². The van der Waals surface area contributed by atoms with E-state index in [0.29, 0.717) is 0 Å². The Bertz CT molecular complexity index is 3400. The number of nitrogens with zero attached hydrogens (tertiary/aromatic N) is 2. The molecule has 10 aromatic carbocycles. The van der Waals surface area contributed by atoms with Crippen molar-refractivity contribution in [2.75, 3.05) is 9.80 Å². The lowest BCUT2D eigenvalue weighted by Gasteiger charge is -2.45. The summed E-state index contributed by atoms with van der Waals surface area (Å²) in [6.07, 6.45) is 0. The Labute approximate surface area is 388 Å². The molecule has 2 aliphatic heterocycles. The molecule has 12 rings (SSSR count). The van der Waals surface area contributed by atoms with Gasteiger partial charge in [-0.1, -0.05) is 150 Å². The first kappa shape index (κ1) is 39.8. The van der Waals surface area contributed by atoms with Gasteiger partial charge in [-0.05, 0) is 150 Å². The van der Waals surface area contributed by atoms with Crippen molar-refractivity contribution in [3.63, 3.8) is 0 Å². The zero-order valence-corrected chi connectivity index (χ0v) is 38.3. The van der Waals surface area contributed by atoms with E-state index in [2.05, 4.69) is 239 Å². The number of para-hydroxylation sites is 1. The molecule has 0 saturated heterocycles. The van der Waals surface area contributed by atoms with Crippen LogP contribution in [0.1, 0.15) is 33.4 Å². The van der Waals surface area contributed by atoms with Gasteiger partial charge in [0.2, 0.25) is 0 Å². The number of hydrogen-bond acceptors (Lipinski definition) is 3. The molecule has 0 aromatic heterocycles. The molecule has 2 aliphatic rings. The van der Waals surface area contributed by atoms with Crippen LogP contribution in [0.25, 0.3) is 43.8 Å². The van der Waals surface area contributed by atoms with E-state index in [1.54, 1.807) is 0 Å². The first-order valence-corrected chi connectivity index (χ1v) is 23.1. The van der Waals surface area contributed by atoms with Gasteiger partial charge in [0, 0.05) is 46.0 Å². The molecule has 2 heterocycles. The Balaban J connectivity index is 1.18. The van der Waals surface area contributed by atoms with E-state index < -0.39 is 0 Å². The van der Waals surface area contributed by atoms with E-state index in [-0.39, 0.29) is 6.71 Å². The molecule has 0 aliphatic carbocycles. The van der Waals surface area contributed by atoms with E-state index in [1.165, 1.54) is 93.8 Å². The van der Waals surface area contributed by atoms with Crippen LogP contribution in [0, 0.1) is 41.5 Å². The van der Waals surface area contributed by atoms with Gasteiger partial charge in [0.05, 0.1) is 11.4 Å². The van der Waals surface area contributed by atoms with Crippen molar-refractivity contribution in [3.05, 3.63) is 221 Å². The summed E-state index contributed by atoms with van der Waals surface area (Å²) >= 11 is 0. The molecule has 10 aromatic rings. The average molecular weight is 849 g/mol. The Kier molecular flexibility index (Phi) is 9.29. The maximum absolute atomic E-state index is 7.20. The van der Waals surface area contributed by atoms with Gasteiger partial charge >= 0.3 is 0 Å². The number of rotatable bonds is 6. The number of hydrogen-bond donors (Lipinski definition) is 0. The van der Waals surface area contributed by atoms with Crippen LogP contribution in [0.2, 0.25) is 0 Å². The highest BCUT2D eigenvalue weighted by Gasteiger charge is 2.44. The van der Waals surface area contributed by atoms with Crippen LogP contribution in [0.3, 0.4) is 0 Å². The Morgan fingerprint density at radius 2 is 0.773 bits per heavy atom. The molecule has 4 heteroatoms. The molecule has 0 fully saturated rings. The monoisotopic (exact) mass is 848 g/mol. The molecule has 0 spiro atoms. The number of ether oxygens (including phenoxy) is 1. The molecule has 0 radical (unpaired) electrons. The standard InChI is InChI=1S/C62H49BN2O/c1-38-18-26-55(51(30-38)48-24-22-44-14-7-9-16-46(44)34-48)64-57-28-20-40(3)32-53(57)63-54-33-41(4)21-29-58(54)65(60-37-50(36-59(64)61(60)63)66-62-42(5)12-11-13-43(62)6)56-27-19-39(2)31-52(56)49-25-23-45-15-8-10-17-47(45)35-49/h7-37H,1-6H3. The van der Waals surface area contributed by atoms with Gasteiger partial charge in [0.15, 0.2) is 0 Å². The molecule has 0 N–H and O–H groups in total. The van der Waals surface area contributed by atoms with Crippen molar-refractivity contribution >= 4 is 78.8 Å². The lowest BCUT2D eigenvalue weighted by molar-refractivity contribution is 0.475. The molecule has 3 nitrogen and oxygen atoms in total. The van der Waals surface area contributed by atoms with Gasteiger partial charge in [-0.15, -0.1) is 0 Å². The smallest absolute Gasteiger partial charge is 0.252 e. The Morgan fingerprint density at radius 1 is 0.348 bits per heavy atom. The van der Waals surface area contributed by atoms with E-state index in [0.717, 1.165) is 45.4 Å². The fourth-order valence-electron chi connectivity index (χ4n) is 10.7. The third-order valence-electron chi connectivity index (χ3n) is 13.9. The molecule has 0 unspecified atom stereocenters. The third-order valence-corrected chi connectivity index (χ3v) is 13.9. The predicted octanol–water partition coefficient (Wildman–Crippen LogP) is 15.1. The molecular weight excluding hydrogens is 800 g/mol. The minimum atomic E-state index is -0.0364. The minimum absolute atomic E-state index is 0.0364. The van der Waals surface area contributed by atoms with Crippen molar-refractivity contribution < 1.29 is 4.74 Å².